The van der Waals surface area contributed by atoms with Crippen molar-refractivity contribution in [3.05, 3.63) is 94.8 Å². The van der Waals surface area contributed by atoms with E-state index in [9.17, 15) is 9.59 Å². The Morgan fingerprint density at radius 1 is 0.968 bits per heavy atom. The highest BCUT2D eigenvalue weighted by molar-refractivity contribution is 6.04. The van der Waals surface area contributed by atoms with Gasteiger partial charge in [0.05, 0.1) is 12.2 Å². The standard InChI is InChI=1S/C26H23NO4/c1-2-3-15-30-22-9-6-8-20(16-22)25(28)27-21-13-11-18(12-14-21)23-17-19-7-4-5-10-24(19)31-26(23)29/h4-14,16-17H,2-3,15H2,1H3,(H,27,28). The Morgan fingerprint density at radius 2 is 1.77 bits per heavy atom. The Balaban J connectivity index is 1.49. The fourth-order valence-corrected chi connectivity index (χ4v) is 3.26. The lowest BCUT2D eigenvalue weighted by Gasteiger charge is -2.09. The minimum Gasteiger partial charge on any atom is -0.494 e. The van der Waals surface area contributed by atoms with Crippen molar-refractivity contribution in [1.82, 2.24) is 0 Å². The summed E-state index contributed by atoms with van der Waals surface area (Å²) in [7, 11) is 0. The summed E-state index contributed by atoms with van der Waals surface area (Å²) in [4.78, 5) is 25.0. The zero-order valence-electron chi connectivity index (χ0n) is 17.3. The number of para-hydroxylation sites is 1. The van der Waals surface area contributed by atoms with Gasteiger partial charge in [-0.1, -0.05) is 49.7 Å². The van der Waals surface area contributed by atoms with E-state index in [-0.39, 0.29) is 5.91 Å². The maximum atomic E-state index is 12.6. The number of hydrogen-bond donors (Lipinski definition) is 1. The summed E-state index contributed by atoms with van der Waals surface area (Å²) in [6.45, 7) is 2.73. The van der Waals surface area contributed by atoms with E-state index >= 15 is 0 Å². The summed E-state index contributed by atoms with van der Waals surface area (Å²) < 4.78 is 11.1. The number of fused-ring (bicyclic) bond motifs is 1. The topological polar surface area (TPSA) is 68.5 Å². The lowest BCUT2D eigenvalue weighted by atomic mass is 10.1. The monoisotopic (exact) mass is 413 g/mol. The van der Waals surface area contributed by atoms with Gasteiger partial charge in [0.25, 0.3) is 5.91 Å². The van der Waals surface area contributed by atoms with Crippen LogP contribution in [0.3, 0.4) is 0 Å². The third kappa shape index (κ3) is 4.83. The predicted molar refractivity (Wildman–Crippen MR) is 123 cm³/mol. The molecule has 1 N–H and O–H groups in total. The number of unbranched alkanes of at least 4 members (excludes halogenated alkanes) is 1. The minimum absolute atomic E-state index is 0.223. The number of ether oxygens (including phenoxy) is 1. The van der Waals surface area contributed by atoms with Crippen LogP contribution in [0.4, 0.5) is 5.69 Å². The van der Waals surface area contributed by atoms with Gasteiger partial charge in [0.1, 0.15) is 11.3 Å². The van der Waals surface area contributed by atoms with Gasteiger partial charge in [-0.3, -0.25) is 4.79 Å². The first-order valence-electron chi connectivity index (χ1n) is 10.3. The molecule has 4 aromatic rings. The Hall–Kier alpha value is -3.86. The Morgan fingerprint density at radius 3 is 2.58 bits per heavy atom. The maximum Gasteiger partial charge on any atom is 0.344 e. The lowest BCUT2D eigenvalue weighted by Crippen LogP contribution is -2.12. The van der Waals surface area contributed by atoms with Crippen LogP contribution in [0.2, 0.25) is 0 Å². The normalized spacial score (nSPS) is 10.7. The fourth-order valence-electron chi connectivity index (χ4n) is 3.26. The summed E-state index contributed by atoms with van der Waals surface area (Å²) in [5.41, 5.74) is 2.53. The molecule has 0 spiro atoms. The summed E-state index contributed by atoms with van der Waals surface area (Å²) in [6.07, 6.45) is 2.02. The Kier molecular flexibility index (Phi) is 6.13. The molecule has 0 fully saturated rings. The molecule has 0 aliphatic rings. The van der Waals surface area contributed by atoms with Crippen LogP contribution >= 0.6 is 0 Å². The van der Waals surface area contributed by atoms with Gasteiger partial charge >= 0.3 is 5.63 Å². The van der Waals surface area contributed by atoms with E-state index in [0.29, 0.717) is 34.8 Å². The number of carbonyl (C=O) groups excluding carboxylic acids is 1. The highest BCUT2D eigenvalue weighted by Crippen LogP contribution is 2.23. The zero-order chi connectivity index (χ0) is 21.6. The molecule has 4 rings (SSSR count). The second-order valence-electron chi connectivity index (χ2n) is 7.25. The van der Waals surface area contributed by atoms with Crippen molar-refractivity contribution in [1.29, 1.82) is 0 Å². The molecule has 0 aliphatic carbocycles. The number of hydrogen-bond acceptors (Lipinski definition) is 4. The van der Waals surface area contributed by atoms with Crippen LogP contribution in [0.15, 0.2) is 88.1 Å². The second kappa shape index (κ2) is 9.30. The van der Waals surface area contributed by atoms with Gasteiger partial charge in [0.15, 0.2) is 0 Å². The summed E-state index contributed by atoms with van der Waals surface area (Å²) in [5, 5.41) is 3.74. The Labute approximate surface area is 180 Å². The van der Waals surface area contributed by atoms with E-state index in [4.69, 9.17) is 9.15 Å². The number of benzene rings is 3. The number of carbonyl (C=O) groups is 1. The van der Waals surface area contributed by atoms with E-state index in [2.05, 4.69) is 12.2 Å². The van der Waals surface area contributed by atoms with Gasteiger partial charge < -0.3 is 14.5 Å². The summed E-state index contributed by atoms with van der Waals surface area (Å²) in [5.74, 6) is 0.457. The van der Waals surface area contributed by atoms with Crippen molar-refractivity contribution in [3.63, 3.8) is 0 Å². The molecule has 1 amide bonds. The molecule has 0 aliphatic heterocycles. The van der Waals surface area contributed by atoms with Crippen LogP contribution in [0.25, 0.3) is 22.1 Å². The van der Waals surface area contributed by atoms with Gasteiger partial charge in [-0.05, 0) is 54.4 Å². The molecule has 0 atom stereocenters. The van der Waals surface area contributed by atoms with Crippen molar-refractivity contribution in [2.24, 2.45) is 0 Å². The molecule has 1 heterocycles. The first kappa shape index (κ1) is 20.4. The largest absolute Gasteiger partial charge is 0.494 e. The molecule has 31 heavy (non-hydrogen) atoms. The third-order valence-electron chi connectivity index (χ3n) is 4.96. The molecule has 156 valence electrons. The maximum absolute atomic E-state index is 12.6. The van der Waals surface area contributed by atoms with Crippen molar-refractivity contribution < 1.29 is 13.9 Å². The minimum atomic E-state index is -0.393. The molecule has 0 radical (unpaired) electrons. The van der Waals surface area contributed by atoms with E-state index in [1.807, 2.05) is 30.3 Å². The van der Waals surface area contributed by atoms with Gasteiger partial charge in [0, 0.05) is 16.6 Å². The molecule has 0 unspecified atom stereocenters. The second-order valence-corrected chi connectivity index (χ2v) is 7.25. The van der Waals surface area contributed by atoms with Crippen LogP contribution in [-0.2, 0) is 0 Å². The van der Waals surface area contributed by atoms with Crippen LogP contribution in [0, 0.1) is 0 Å². The van der Waals surface area contributed by atoms with Crippen molar-refractivity contribution in [2.75, 3.05) is 11.9 Å². The molecule has 1 aromatic heterocycles. The van der Waals surface area contributed by atoms with Crippen LogP contribution < -0.4 is 15.7 Å². The number of nitrogens with one attached hydrogen (secondary N) is 1. The summed E-state index contributed by atoms with van der Waals surface area (Å²) >= 11 is 0. The van der Waals surface area contributed by atoms with Crippen LogP contribution in [-0.4, -0.2) is 12.5 Å². The molecule has 0 bridgehead atoms. The third-order valence-corrected chi connectivity index (χ3v) is 4.96. The van der Waals surface area contributed by atoms with E-state index in [1.165, 1.54) is 0 Å². The first-order valence-corrected chi connectivity index (χ1v) is 10.3. The predicted octanol–water partition coefficient (Wildman–Crippen LogP) is 5.89. The highest BCUT2D eigenvalue weighted by Gasteiger charge is 2.10. The van der Waals surface area contributed by atoms with Gasteiger partial charge in [-0.25, -0.2) is 4.79 Å². The lowest BCUT2D eigenvalue weighted by molar-refractivity contribution is 0.102. The summed E-state index contributed by atoms with van der Waals surface area (Å²) in [6, 6.07) is 23.5. The van der Waals surface area contributed by atoms with Gasteiger partial charge in [0.2, 0.25) is 0 Å². The van der Waals surface area contributed by atoms with Crippen molar-refractivity contribution in [3.8, 4) is 16.9 Å². The average Bonchev–Trinajstić information content (AvgIpc) is 2.79. The van der Waals surface area contributed by atoms with Crippen LogP contribution in [0.5, 0.6) is 5.75 Å². The van der Waals surface area contributed by atoms with E-state index in [0.717, 1.165) is 23.8 Å². The zero-order valence-corrected chi connectivity index (χ0v) is 17.3. The molecular formula is C26H23NO4. The molecule has 0 saturated heterocycles. The molecule has 5 heteroatoms. The highest BCUT2D eigenvalue weighted by atomic mass is 16.5. The van der Waals surface area contributed by atoms with Crippen molar-refractivity contribution in [2.45, 2.75) is 19.8 Å². The van der Waals surface area contributed by atoms with Crippen molar-refractivity contribution >= 4 is 22.6 Å². The quantitative estimate of drug-likeness (QED) is 0.303. The molecular weight excluding hydrogens is 390 g/mol. The average molecular weight is 413 g/mol. The molecule has 5 nitrogen and oxygen atoms in total. The van der Waals surface area contributed by atoms with E-state index < -0.39 is 5.63 Å². The number of amides is 1. The smallest absolute Gasteiger partial charge is 0.344 e. The van der Waals surface area contributed by atoms with Crippen LogP contribution in [0.1, 0.15) is 30.1 Å². The fraction of sp³-hybridized carbons (Fsp3) is 0.154. The molecule has 0 saturated carbocycles. The SMILES string of the molecule is CCCCOc1cccc(C(=O)Nc2ccc(-c3cc4ccccc4oc3=O)cc2)c1. The van der Waals surface area contributed by atoms with Gasteiger partial charge in [-0.15, -0.1) is 0 Å². The first-order chi connectivity index (χ1) is 15.1. The van der Waals surface area contributed by atoms with E-state index in [1.54, 1.807) is 48.5 Å². The van der Waals surface area contributed by atoms with Gasteiger partial charge in [-0.2, -0.15) is 0 Å². The molecule has 3 aromatic carbocycles. The number of rotatable bonds is 7. The number of anilines is 1. The Bertz CT molecular complexity index is 1260.